The lowest BCUT2D eigenvalue weighted by atomic mass is 10.1. The molecule has 114 valence electrons. The van der Waals surface area contributed by atoms with Gasteiger partial charge in [-0.2, -0.15) is 0 Å². The smallest absolute Gasteiger partial charge is 0.227 e. The van der Waals surface area contributed by atoms with Crippen molar-refractivity contribution in [3.8, 4) is 17.1 Å². The number of hydrogen-bond acceptors (Lipinski definition) is 4. The summed E-state index contributed by atoms with van der Waals surface area (Å²) in [4.78, 5) is 4.60. The molecule has 0 unspecified atom stereocenters. The Hall–Kier alpha value is -1.99. The van der Waals surface area contributed by atoms with Crippen LogP contribution in [0.2, 0.25) is 0 Å². The van der Waals surface area contributed by atoms with E-state index in [1.807, 2.05) is 41.8 Å². The van der Waals surface area contributed by atoms with Crippen LogP contribution in [-0.4, -0.2) is 19.7 Å². The Bertz CT molecular complexity index is 985. The highest BCUT2D eigenvalue weighted by Gasteiger charge is 2.12. The lowest BCUT2D eigenvalue weighted by Crippen LogP contribution is -1.89. The number of nitrogens with zero attached hydrogens (tertiary/aromatic N) is 4. The highest BCUT2D eigenvalue weighted by molar-refractivity contribution is 9.11. The molecule has 0 atom stereocenters. The van der Waals surface area contributed by atoms with E-state index in [4.69, 9.17) is 4.42 Å². The molecule has 0 saturated heterocycles. The largest absolute Gasteiger partial charge is 0.436 e. The van der Waals surface area contributed by atoms with Crippen LogP contribution < -0.4 is 0 Å². The zero-order valence-electron chi connectivity index (χ0n) is 12.0. The van der Waals surface area contributed by atoms with Crippen LogP contribution in [0.5, 0.6) is 0 Å². The van der Waals surface area contributed by atoms with E-state index in [-0.39, 0.29) is 0 Å². The Balaban J connectivity index is 1.83. The molecule has 2 aromatic heterocycles. The molecule has 0 amide bonds. The van der Waals surface area contributed by atoms with Crippen LogP contribution in [0.4, 0.5) is 0 Å². The van der Waals surface area contributed by atoms with Gasteiger partial charge in [-0.15, -0.1) is 10.2 Å². The van der Waals surface area contributed by atoms with Gasteiger partial charge < -0.3 is 4.42 Å². The molecule has 4 aromatic rings. The standard InChI is InChI=1S/C16H10Br2N4O/c1-9-12(17)4-10(5-13(9)18)16-21-14-6-11(2-3-15(14)23-16)22-7-19-20-8-22/h2-8H,1H3. The van der Waals surface area contributed by atoms with Crippen LogP contribution in [0, 0.1) is 6.92 Å². The highest BCUT2D eigenvalue weighted by Crippen LogP contribution is 2.33. The van der Waals surface area contributed by atoms with Crippen molar-refractivity contribution < 1.29 is 4.42 Å². The summed E-state index contributed by atoms with van der Waals surface area (Å²) in [5.41, 5.74) is 4.52. The van der Waals surface area contributed by atoms with Crippen LogP contribution in [-0.2, 0) is 0 Å². The van der Waals surface area contributed by atoms with Gasteiger partial charge in [0, 0.05) is 14.5 Å². The number of hydrogen-bond donors (Lipinski definition) is 0. The summed E-state index contributed by atoms with van der Waals surface area (Å²) in [5.74, 6) is 0.585. The van der Waals surface area contributed by atoms with Crippen molar-refractivity contribution in [3.05, 3.63) is 57.5 Å². The molecule has 2 heterocycles. The Morgan fingerprint density at radius 1 is 1.00 bits per heavy atom. The summed E-state index contributed by atoms with van der Waals surface area (Å²) in [5, 5.41) is 7.64. The lowest BCUT2D eigenvalue weighted by Gasteiger charge is -2.03. The van der Waals surface area contributed by atoms with Crippen LogP contribution in [0.25, 0.3) is 28.2 Å². The topological polar surface area (TPSA) is 56.7 Å². The molecule has 0 saturated carbocycles. The molecular weight excluding hydrogens is 424 g/mol. The summed E-state index contributed by atoms with van der Waals surface area (Å²) in [6.45, 7) is 2.04. The van der Waals surface area contributed by atoms with Gasteiger partial charge in [-0.3, -0.25) is 4.57 Å². The van der Waals surface area contributed by atoms with Gasteiger partial charge in [0.15, 0.2) is 5.58 Å². The Morgan fingerprint density at radius 2 is 1.70 bits per heavy atom. The first-order chi connectivity index (χ1) is 11.1. The first-order valence-electron chi connectivity index (χ1n) is 6.83. The monoisotopic (exact) mass is 432 g/mol. The van der Waals surface area contributed by atoms with Gasteiger partial charge in [-0.05, 0) is 42.8 Å². The van der Waals surface area contributed by atoms with E-state index in [9.17, 15) is 0 Å². The van der Waals surface area contributed by atoms with E-state index < -0.39 is 0 Å². The number of fused-ring (bicyclic) bond motifs is 1. The zero-order valence-corrected chi connectivity index (χ0v) is 15.2. The van der Waals surface area contributed by atoms with Crippen LogP contribution in [0.15, 0.2) is 56.3 Å². The average Bonchev–Trinajstić information content (AvgIpc) is 3.20. The van der Waals surface area contributed by atoms with Crippen molar-refractivity contribution in [2.45, 2.75) is 6.92 Å². The molecule has 0 spiro atoms. The molecule has 23 heavy (non-hydrogen) atoms. The van der Waals surface area contributed by atoms with Crippen molar-refractivity contribution in [3.63, 3.8) is 0 Å². The lowest BCUT2D eigenvalue weighted by molar-refractivity contribution is 0.619. The fraction of sp³-hybridized carbons (Fsp3) is 0.0625. The molecule has 5 nitrogen and oxygen atoms in total. The second kappa shape index (κ2) is 5.58. The van der Waals surface area contributed by atoms with Gasteiger partial charge in [0.2, 0.25) is 5.89 Å². The van der Waals surface area contributed by atoms with Crippen molar-refractivity contribution in [1.29, 1.82) is 0 Å². The first kappa shape index (κ1) is 14.6. The second-order valence-electron chi connectivity index (χ2n) is 5.11. The molecule has 0 fully saturated rings. The minimum absolute atomic E-state index is 0.585. The van der Waals surface area contributed by atoms with E-state index >= 15 is 0 Å². The van der Waals surface area contributed by atoms with Gasteiger partial charge >= 0.3 is 0 Å². The van der Waals surface area contributed by atoms with Gasteiger partial charge in [0.05, 0.1) is 5.69 Å². The molecule has 2 aromatic carbocycles. The second-order valence-corrected chi connectivity index (χ2v) is 6.81. The molecular formula is C16H10Br2N4O. The zero-order chi connectivity index (χ0) is 16.0. The number of aromatic nitrogens is 4. The average molecular weight is 434 g/mol. The SMILES string of the molecule is Cc1c(Br)cc(-c2nc3cc(-n4cnnc4)ccc3o2)cc1Br. The predicted octanol–water partition coefficient (Wildman–Crippen LogP) is 4.91. The van der Waals surface area contributed by atoms with E-state index in [1.165, 1.54) is 0 Å². The van der Waals surface area contributed by atoms with Crippen LogP contribution >= 0.6 is 31.9 Å². The van der Waals surface area contributed by atoms with Gasteiger partial charge in [0.1, 0.15) is 18.2 Å². The van der Waals surface area contributed by atoms with Crippen LogP contribution in [0.3, 0.4) is 0 Å². The minimum atomic E-state index is 0.585. The van der Waals surface area contributed by atoms with Crippen molar-refractivity contribution in [2.24, 2.45) is 0 Å². The Kier molecular flexibility index (Phi) is 3.54. The third-order valence-electron chi connectivity index (χ3n) is 3.62. The fourth-order valence-electron chi connectivity index (χ4n) is 2.30. The molecule has 0 N–H and O–H groups in total. The van der Waals surface area contributed by atoms with Crippen molar-refractivity contribution >= 4 is 43.0 Å². The first-order valence-corrected chi connectivity index (χ1v) is 8.42. The maximum atomic E-state index is 5.88. The van der Waals surface area contributed by atoms with E-state index in [1.54, 1.807) is 12.7 Å². The molecule has 0 bridgehead atoms. The normalized spacial score (nSPS) is 11.3. The number of oxazole rings is 1. The van der Waals surface area contributed by atoms with E-state index in [0.29, 0.717) is 5.89 Å². The Morgan fingerprint density at radius 3 is 2.39 bits per heavy atom. The molecule has 7 heteroatoms. The maximum Gasteiger partial charge on any atom is 0.227 e. The summed E-state index contributed by atoms with van der Waals surface area (Å²) in [6, 6.07) is 9.81. The Labute approximate surface area is 148 Å². The summed E-state index contributed by atoms with van der Waals surface area (Å²) < 4.78 is 9.73. The minimum Gasteiger partial charge on any atom is -0.436 e. The third kappa shape index (κ3) is 2.60. The summed E-state index contributed by atoms with van der Waals surface area (Å²) >= 11 is 7.12. The van der Waals surface area contributed by atoms with Gasteiger partial charge in [-0.1, -0.05) is 31.9 Å². The van der Waals surface area contributed by atoms with Gasteiger partial charge in [0.25, 0.3) is 0 Å². The molecule has 0 radical (unpaired) electrons. The quantitative estimate of drug-likeness (QED) is 0.450. The third-order valence-corrected chi connectivity index (χ3v) is 5.26. The van der Waals surface area contributed by atoms with Crippen LogP contribution in [0.1, 0.15) is 5.56 Å². The van der Waals surface area contributed by atoms with E-state index in [0.717, 1.165) is 36.9 Å². The molecule has 4 rings (SSSR count). The van der Waals surface area contributed by atoms with Crippen molar-refractivity contribution in [2.75, 3.05) is 0 Å². The fourth-order valence-corrected chi connectivity index (χ4v) is 3.49. The highest BCUT2D eigenvalue weighted by atomic mass is 79.9. The van der Waals surface area contributed by atoms with Crippen molar-refractivity contribution in [1.82, 2.24) is 19.7 Å². The summed E-state index contributed by atoms with van der Waals surface area (Å²) in [7, 11) is 0. The van der Waals surface area contributed by atoms with E-state index in [2.05, 4.69) is 47.0 Å². The predicted molar refractivity (Wildman–Crippen MR) is 94.5 cm³/mol. The molecule has 0 aliphatic heterocycles. The maximum absolute atomic E-state index is 5.88. The van der Waals surface area contributed by atoms with Gasteiger partial charge in [-0.25, -0.2) is 4.98 Å². The number of rotatable bonds is 2. The number of benzene rings is 2. The molecule has 0 aliphatic carbocycles. The summed E-state index contributed by atoms with van der Waals surface area (Å²) in [6.07, 6.45) is 3.30. The number of halogens is 2. The molecule has 0 aliphatic rings.